The van der Waals surface area contributed by atoms with Crippen molar-refractivity contribution in [2.24, 2.45) is 5.92 Å². The van der Waals surface area contributed by atoms with Crippen molar-refractivity contribution in [1.29, 1.82) is 0 Å². The number of carbonyl (C=O) groups is 1. The highest BCUT2D eigenvalue weighted by Crippen LogP contribution is 2.18. The average Bonchev–Trinajstić information content (AvgIpc) is 2.31. The fourth-order valence-corrected chi connectivity index (χ4v) is 1.16. The fourth-order valence-electron chi connectivity index (χ4n) is 1.16. The largest absolute Gasteiger partial charge is 0.465 e. The number of alkyl halides is 1. The number of amides is 1. The molecule has 1 fully saturated rings. The van der Waals surface area contributed by atoms with Crippen LogP contribution in [-0.2, 0) is 0 Å². The molecule has 5 heteroatoms. The summed E-state index contributed by atoms with van der Waals surface area (Å²) in [5.41, 5.74) is 0. The lowest BCUT2D eigenvalue weighted by atomic mass is 10.1. The van der Waals surface area contributed by atoms with E-state index in [1.54, 1.807) is 0 Å². The lowest BCUT2D eigenvalue weighted by Crippen LogP contribution is -2.27. The van der Waals surface area contributed by atoms with Gasteiger partial charge in [0.2, 0.25) is 0 Å². The molecule has 0 aromatic rings. The van der Waals surface area contributed by atoms with Gasteiger partial charge >= 0.3 is 6.09 Å². The Labute approximate surface area is 63.2 Å². The Bertz CT molecular complexity index is 164. The van der Waals surface area contributed by atoms with Crippen molar-refractivity contribution < 1.29 is 19.4 Å². The number of hydrogen-bond donors (Lipinski definition) is 2. The van der Waals surface area contributed by atoms with Crippen LogP contribution in [0.4, 0.5) is 9.18 Å². The number of aliphatic hydroxyl groups excluding tert-OH is 1. The second kappa shape index (κ2) is 3.04. The second-order valence-electron chi connectivity index (χ2n) is 2.65. The van der Waals surface area contributed by atoms with Gasteiger partial charge in [0.15, 0.2) is 0 Å². The number of likely N-dealkylation sites (tertiary alicyclic amines) is 1. The molecular weight excluding hydrogens is 153 g/mol. The van der Waals surface area contributed by atoms with Crippen molar-refractivity contribution in [1.82, 2.24) is 4.90 Å². The van der Waals surface area contributed by atoms with Crippen molar-refractivity contribution in [2.75, 3.05) is 19.7 Å². The van der Waals surface area contributed by atoms with E-state index in [2.05, 4.69) is 0 Å². The molecule has 0 aromatic carbocycles. The first-order chi connectivity index (χ1) is 5.15. The smallest absolute Gasteiger partial charge is 0.407 e. The summed E-state index contributed by atoms with van der Waals surface area (Å²) in [6.45, 7) is -0.293. The highest BCUT2D eigenvalue weighted by molar-refractivity contribution is 5.65. The zero-order chi connectivity index (χ0) is 8.43. The molecule has 0 aromatic heterocycles. The predicted octanol–water partition coefficient (Wildman–Crippen LogP) is -0.0734. The summed E-state index contributed by atoms with van der Waals surface area (Å²) in [6.07, 6.45) is -2.33. The molecule has 1 heterocycles. The van der Waals surface area contributed by atoms with Gasteiger partial charge in [-0.05, 0) is 0 Å². The molecule has 1 aliphatic heterocycles. The summed E-state index contributed by atoms with van der Waals surface area (Å²) in [4.78, 5) is 11.3. The standard InChI is InChI=1S/C6H10FNO3/c7-5-2-8(6(10)11)1-4(5)3-9/h4-5,9H,1-3H2,(H,10,11)/t4-,5-/m1/s1. The lowest BCUT2D eigenvalue weighted by molar-refractivity contribution is 0.150. The van der Waals surface area contributed by atoms with Crippen molar-refractivity contribution in [3.63, 3.8) is 0 Å². The highest BCUT2D eigenvalue weighted by atomic mass is 19.1. The molecule has 0 bridgehead atoms. The zero-order valence-electron chi connectivity index (χ0n) is 5.90. The van der Waals surface area contributed by atoms with Crippen LogP contribution in [0.3, 0.4) is 0 Å². The molecule has 1 amide bonds. The summed E-state index contributed by atoms with van der Waals surface area (Å²) < 4.78 is 12.7. The average molecular weight is 163 g/mol. The monoisotopic (exact) mass is 163 g/mol. The van der Waals surface area contributed by atoms with E-state index in [0.717, 1.165) is 4.90 Å². The third-order valence-electron chi connectivity index (χ3n) is 1.87. The predicted molar refractivity (Wildman–Crippen MR) is 35.1 cm³/mol. The minimum Gasteiger partial charge on any atom is -0.465 e. The molecule has 1 saturated heterocycles. The van der Waals surface area contributed by atoms with E-state index in [1.807, 2.05) is 0 Å². The SMILES string of the molecule is O=C(O)N1C[C@H](CO)[C@H](F)C1. The van der Waals surface area contributed by atoms with Crippen LogP contribution in [0.2, 0.25) is 0 Å². The van der Waals surface area contributed by atoms with Gasteiger partial charge in [0.05, 0.1) is 13.2 Å². The number of aliphatic hydroxyl groups is 1. The van der Waals surface area contributed by atoms with Crippen LogP contribution in [-0.4, -0.2) is 47.1 Å². The normalized spacial score (nSPS) is 30.9. The molecule has 1 rings (SSSR count). The number of hydrogen-bond acceptors (Lipinski definition) is 2. The minimum absolute atomic E-state index is 0.104. The van der Waals surface area contributed by atoms with E-state index in [9.17, 15) is 9.18 Å². The molecule has 0 spiro atoms. The summed E-state index contributed by atoms with van der Waals surface area (Å²) in [5, 5.41) is 17.0. The minimum atomic E-state index is -1.21. The molecule has 11 heavy (non-hydrogen) atoms. The molecule has 1 aliphatic rings. The van der Waals surface area contributed by atoms with Gasteiger partial charge in [0.25, 0.3) is 0 Å². The van der Waals surface area contributed by atoms with Gasteiger partial charge in [-0.1, -0.05) is 0 Å². The van der Waals surface area contributed by atoms with Gasteiger partial charge < -0.3 is 15.1 Å². The van der Waals surface area contributed by atoms with Crippen LogP contribution in [0.1, 0.15) is 0 Å². The third kappa shape index (κ3) is 1.59. The number of rotatable bonds is 1. The first kappa shape index (κ1) is 8.26. The molecular formula is C6H10FNO3. The summed E-state index contributed by atoms with van der Waals surface area (Å²) in [6, 6.07) is 0. The second-order valence-corrected chi connectivity index (χ2v) is 2.65. The summed E-state index contributed by atoms with van der Waals surface area (Å²) in [5.74, 6) is -0.536. The van der Waals surface area contributed by atoms with E-state index in [4.69, 9.17) is 10.2 Å². The first-order valence-electron chi connectivity index (χ1n) is 3.38. The van der Waals surface area contributed by atoms with E-state index >= 15 is 0 Å². The first-order valence-corrected chi connectivity index (χ1v) is 3.38. The van der Waals surface area contributed by atoms with Crippen LogP contribution in [0, 0.1) is 5.92 Å². The molecule has 0 aliphatic carbocycles. The maximum atomic E-state index is 12.7. The van der Waals surface area contributed by atoms with Gasteiger partial charge in [-0.15, -0.1) is 0 Å². The van der Waals surface area contributed by atoms with Crippen molar-refractivity contribution in [3.05, 3.63) is 0 Å². The van der Waals surface area contributed by atoms with Crippen molar-refractivity contribution >= 4 is 6.09 Å². The zero-order valence-corrected chi connectivity index (χ0v) is 5.90. The molecule has 2 N–H and O–H groups in total. The van der Waals surface area contributed by atoms with Gasteiger partial charge in [-0.3, -0.25) is 0 Å². The van der Waals surface area contributed by atoms with E-state index in [1.165, 1.54) is 0 Å². The van der Waals surface area contributed by atoms with Gasteiger partial charge in [-0.2, -0.15) is 0 Å². The van der Waals surface area contributed by atoms with Gasteiger partial charge in [-0.25, -0.2) is 9.18 Å². The molecule has 64 valence electrons. The maximum Gasteiger partial charge on any atom is 0.407 e. The maximum absolute atomic E-state index is 12.7. The summed E-state index contributed by atoms with van der Waals surface area (Å²) in [7, 11) is 0. The van der Waals surface area contributed by atoms with Crippen molar-refractivity contribution in [3.8, 4) is 0 Å². The quantitative estimate of drug-likeness (QED) is 0.568. The highest BCUT2D eigenvalue weighted by Gasteiger charge is 2.34. The number of nitrogens with zero attached hydrogens (tertiary/aromatic N) is 1. The molecule has 0 saturated carbocycles. The van der Waals surface area contributed by atoms with Crippen LogP contribution < -0.4 is 0 Å². The van der Waals surface area contributed by atoms with Crippen LogP contribution >= 0.6 is 0 Å². The van der Waals surface area contributed by atoms with Gasteiger partial charge in [0.1, 0.15) is 6.17 Å². The Morgan fingerprint density at radius 1 is 1.64 bits per heavy atom. The molecule has 0 unspecified atom stereocenters. The van der Waals surface area contributed by atoms with E-state index in [0.29, 0.717) is 0 Å². The Kier molecular flexibility index (Phi) is 2.28. The summed E-state index contributed by atoms with van der Waals surface area (Å²) >= 11 is 0. The fraction of sp³-hybridized carbons (Fsp3) is 0.833. The lowest BCUT2D eigenvalue weighted by Gasteiger charge is -2.09. The van der Waals surface area contributed by atoms with Gasteiger partial charge in [0, 0.05) is 12.5 Å². The Morgan fingerprint density at radius 3 is 2.55 bits per heavy atom. The Morgan fingerprint density at radius 2 is 2.27 bits per heavy atom. The molecule has 2 atom stereocenters. The number of carboxylic acid groups (broad SMARTS) is 1. The van der Waals surface area contributed by atoms with Crippen LogP contribution in [0.5, 0.6) is 0 Å². The van der Waals surface area contributed by atoms with Crippen LogP contribution in [0.25, 0.3) is 0 Å². The van der Waals surface area contributed by atoms with Crippen LogP contribution in [0.15, 0.2) is 0 Å². The number of halogens is 1. The molecule has 4 nitrogen and oxygen atoms in total. The third-order valence-corrected chi connectivity index (χ3v) is 1.87. The Hall–Kier alpha value is -0.840. The molecule has 0 radical (unpaired) electrons. The van der Waals surface area contributed by atoms with Crippen molar-refractivity contribution in [2.45, 2.75) is 6.17 Å². The van der Waals surface area contributed by atoms with E-state index in [-0.39, 0.29) is 19.7 Å². The topological polar surface area (TPSA) is 60.8 Å². The van der Waals surface area contributed by atoms with E-state index < -0.39 is 18.2 Å². The Balaban J connectivity index is 2.49.